The molecule has 1 aromatic carbocycles. The largest absolute Gasteiger partial charge is 0.351 e. The third kappa shape index (κ3) is 3.86. The fourth-order valence-corrected chi connectivity index (χ4v) is 7.25. The average Bonchev–Trinajstić information content (AvgIpc) is 2.71. The number of nitrogens with one attached hydrogen (secondary N) is 2. The Hall–Kier alpha value is -1.39. The number of amides is 1. The Bertz CT molecular complexity index is 780. The Morgan fingerprint density at radius 2 is 1.66 bits per heavy atom. The van der Waals surface area contributed by atoms with Crippen molar-refractivity contribution in [3.8, 4) is 0 Å². The fourth-order valence-electron chi connectivity index (χ4n) is 7.04. The number of Topliss-reactive ketones (excluding diaryl/α,β-unsaturated/α-hetero) is 1. The van der Waals surface area contributed by atoms with Crippen LogP contribution in [0.4, 0.5) is 0 Å². The number of ketones is 1. The van der Waals surface area contributed by atoms with Crippen molar-refractivity contribution < 1.29 is 9.59 Å². The van der Waals surface area contributed by atoms with E-state index in [9.17, 15) is 9.59 Å². The minimum Gasteiger partial charge on any atom is -0.351 e. The van der Waals surface area contributed by atoms with Gasteiger partial charge in [0.2, 0.25) is 0 Å². The summed E-state index contributed by atoms with van der Waals surface area (Å²) < 4.78 is 0. The van der Waals surface area contributed by atoms with Crippen LogP contribution in [-0.2, 0) is 0 Å². The molecular weight excluding hydrogens is 384 g/mol. The number of rotatable bonds is 5. The summed E-state index contributed by atoms with van der Waals surface area (Å²) in [6, 6.07) is 5.18. The molecule has 1 amide bonds. The van der Waals surface area contributed by atoms with Crippen LogP contribution in [0.25, 0.3) is 0 Å². The van der Waals surface area contributed by atoms with Crippen molar-refractivity contribution >= 4 is 23.3 Å². The first kappa shape index (κ1) is 19.6. The molecule has 5 aliphatic rings. The van der Waals surface area contributed by atoms with Crippen LogP contribution in [-0.4, -0.2) is 31.3 Å². The summed E-state index contributed by atoms with van der Waals surface area (Å²) in [5.41, 5.74) is 1.34. The van der Waals surface area contributed by atoms with E-state index in [2.05, 4.69) is 10.6 Å². The van der Waals surface area contributed by atoms with E-state index >= 15 is 0 Å². The van der Waals surface area contributed by atoms with Gasteiger partial charge in [0, 0.05) is 18.0 Å². The quantitative estimate of drug-likeness (QED) is 0.699. The van der Waals surface area contributed by atoms with Gasteiger partial charge in [-0.25, -0.2) is 0 Å². The Morgan fingerprint density at radius 3 is 2.28 bits per heavy atom. The highest BCUT2D eigenvalue weighted by atomic mass is 35.5. The Morgan fingerprint density at radius 1 is 1.03 bits per heavy atom. The summed E-state index contributed by atoms with van der Waals surface area (Å²) >= 11 is 6.35. The second kappa shape index (κ2) is 7.70. The summed E-state index contributed by atoms with van der Waals surface area (Å²) in [5, 5.41) is 6.92. The van der Waals surface area contributed by atoms with Crippen LogP contribution in [0.2, 0.25) is 5.02 Å². The first-order chi connectivity index (χ1) is 14.0. The lowest BCUT2D eigenvalue weighted by molar-refractivity contribution is -0.0503. The molecule has 1 heterocycles. The van der Waals surface area contributed by atoms with Crippen LogP contribution in [0.5, 0.6) is 0 Å². The molecule has 5 heteroatoms. The Labute approximate surface area is 178 Å². The molecule has 0 aromatic heterocycles. The second-order valence-corrected chi connectivity index (χ2v) is 10.6. The number of benzene rings is 1. The van der Waals surface area contributed by atoms with Crippen molar-refractivity contribution in [2.45, 2.75) is 51.4 Å². The lowest BCUT2D eigenvalue weighted by Crippen LogP contribution is -2.51. The molecule has 29 heavy (non-hydrogen) atoms. The zero-order valence-corrected chi connectivity index (χ0v) is 17.8. The maximum absolute atomic E-state index is 13.0. The van der Waals surface area contributed by atoms with Gasteiger partial charge < -0.3 is 10.6 Å². The molecule has 0 spiro atoms. The van der Waals surface area contributed by atoms with Crippen LogP contribution >= 0.6 is 11.6 Å². The molecule has 4 saturated carbocycles. The van der Waals surface area contributed by atoms with Gasteiger partial charge in [0.05, 0.1) is 10.6 Å². The zero-order valence-electron chi connectivity index (χ0n) is 17.0. The highest BCUT2D eigenvalue weighted by Crippen LogP contribution is 2.59. The SMILES string of the molecule is O=C(NCC12CC3CC(CC(C3)C1)C2)c1cc(C(=O)C2CCNCC2)ccc1Cl. The molecule has 2 N–H and O–H groups in total. The summed E-state index contributed by atoms with van der Waals surface area (Å²) in [6.45, 7) is 2.50. The molecule has 0 radical (unpaired) electrons. The van der Waals surface area contributed by atoms with Crippen LogP contribution in [0, 0.1) is 29.1 Å². The van der Waals surface area contributed by atoms with Crippen molar-refractivity contribution in [2.75, 3.05) is 19.6 Å². The van der Waals surface area contributed by atoms with Crippen molar-refractivity contribution in [1.82, 2.24) is 10.6 Å². The van der Waals surface area contributed by atoms with Gasteiger partial charge in [0.15, 0.2) is 5.78 Å². The van der Waals surface area contributed by atoms with E-state index in [-0.39, 0.29) is 17.6 Å². The lowest BCUT2D eigenvalue weighted by atomic mass is 9.49. The van der Waals surface area contributed by atoms with Gasteiger partial charge in [-0.05, 0) is 106 Å². The van der Waals surface area contributed by atoms with Crippen LogP contribution in [0.15, 0.2) is 18.2 Å². The molecule has 6 rings (SSSR count). The molecule has 1 aromatic rings. The number of carbonyl (C=O) groups is 2. The Kier molecular flexibility index (Phi) is 5.19. The van der Waals surface area contributed by atoms with E-state index in [0.717, 1.165) is 50.2 Å². The number of hydrogen-bond donors (Lipinski definition) is 2. The van der Waals surface area contributed by atoms with E-state index in [1.807, 2.05) is 0 Å². The fraction of sp³-hybridized carbons (Fsp3) is 0.667. The molecule has 156 valence electrons. The van der Waals surface area contributed by atoms with Crippen molar-refractivity contribution in [1.29, 1.82) is 0 Å². The maximum atomic E-state index is 13.0. The van der Waals surface area contributed by atoms with Gasteiger partial charge in [-0.3, -0.25) is 9.59 Å². The van der Waals surface area contributed by atoms with E-state index in [0.29, 0.717) is 21.6 Å². The highest BCUT2D eigenvalue weighted by Gasteiger charge is 2.50. The summed E-state index contributed by atoms with van der Waals surface area (Å²) in [7, 11) is 0. The minimum absolute atomic E-state index is 0.0420. The molecule has 4 aliphatic carbocycles. The van der Waals surface area contributed by atoms with E-state index < -0.39 is 0 Å². The smallest absolute Gasteiger partial charge is 0.252 e. The zero-order chi connectivity index (χ0) is 20.0. The summed E-state index contributed by atoms with van der Waals surface area (Å²) in [6.07, 6.45) is 9.72. The van der Waals surface area contributed by atoms with Gasteiger partial charge in [0.25, 0.3) is 5.91 Å². The number of piperidine rings is 1. The highest BCUT2D eigenvalue weighted by molar-refractivity contribution is 6.34. The predicted molar refractivity (Wildman–Crippen MR) is 114 cm³/mol. The standard InChI is InChI=1S/C24H31ClN2O2/c25-21-2-1-19(22(28)18-3-5-26-6-4-18)10-20(21)23(29)27-14-24-11-15-7-16(12-24)9-17(8-15)13-24/h1-2,10,15-18,26H,3-9,11-14H2,(H,27,29). The van der Waals surface area contributed by atoms with Gasteiger partial charge in [0.1, 0.15) is 0 Å². The van der Waals surface area contributed by atoms with E-state index in [1.165, 1.54) is 38.5 Å². The van der Waals surface area contributed by atoms with Gasteiger partial charge in [-0.1, -0.05) is 11.6 Å². The number of hydrogen-bond acceptors (Lipinski definition) is 3. The third-order valence-corrected chi connectivity index (χ3v) is 8.32. The third-order valence-electron chi connectivity index (χ3n) is 7.99. The predicted octanol–water partition coefficient (Wildman–Crippen LogP) is 4.47. The number of carbonyl (C=O) groups excluding carboxylic acids is 2. The lowest BCUT2D eigenvalue weighted by Gasteiger charge is -2.56. The van der Waals surface area contributed by atoms with Gasteiger partial charge in [-0.15, -0.1) is 0 Å². The monoisotopic (exact) mass is 414 g/mol. The van der Waals surface area contributed by atoms with E-state index in [4.69, 9.17) is 11.6 Å². The molecule has 4 nitrogen and oxygen atoms in total. The van der Waals surface area contributed by atoms with Crippen molar-refractivity contribution in [2.24, 2.45) is 29.1 Å². The van der Waals surface area contributed by atoms with E-state index in [1.54, 1.807) is 18.2 Å². The van der Waals surface area contributed by atoms with Crippen LogP contribution < -0.4 is 10.6 Å². The first-order valence-electron chi connectivity index (χ1n) is 11.3. The average molecular weight is 415 g/mol. The molecule has 0 atom stereocenters. The van der Waals surface area contributed by atoms with Crippen molar-refractivity contribution in [3.63, 3.8) is 0 Å². The summed E-state index contributed by atoms with van der Waals surface area (Å²) in [4.78, 5) is 25.9. The van der Waals surface area contributed by atoms with Crippen LogP contribution in [0.3, 0.4) is 0 Å². The maximum Gasteiger partial charge on any atom is 0.252 e. The molecular formula is C24H31ClN2O2. The van der Waals surface area contributed by atoms with Crippen molar-refractivity contribution in [3.05, 3.63) is 34.3 Å². The molecule has 4 bridgehead atoms. The molecule has 5 fully saturated rings. The van der Waals surface area contributed by atoms with Gasteiger partial charge in [-0.2, -0.15) is 0 Å². The summed E-state index contributed by atoms with van der Waals surface area (Å²) in [5.74, 6) is 2.65. The minimum atomic E-state index is -0.134. The second-order valence-electron chi connectivity index (χ2n) is 10.2. The first-order valence-corrected chi connectivity index (χ1v) is 11.7. The number of halogens is 1. The normalized spacial score (nSPS) is 33.6. The molecule has 1 saturated heterocycles. The van der Waals surface area contributed by atoms with Gasteiger partial charge >= 0.3 is 0 Å². The topological polar surface area (TPSA) is 58.2 Å². The van der Waals surface area contributed by atoms with Crippen LogP contribution in [0.1, 0.15) is 72.1 Å². The molecule has 0 unspecified atom stereocenters. The molecule has 1 aliphatic heterocycles. The Balaban J connectivity index is 1.28.